The highest BCUT2D eigenvalue weighted by Crippen LogP contribution is 2.27. The van der Waals surface area contributed by atoms with Crippen molar-refractivity contribution in [2.75, 3.05) is 11.6 Å². The maximum atomic E-state index is 12.5. The Kier molecular flexibility index (Phi) is 6.12. The summed E-state index contributed by atoms with van der Waals surface area (Å²) in [6.45, 7) is 1.73. The molecule has 0 heterocycles. The van der Waals surface area contributed by atoms with Gasteiger partial charge in [0.05, 0.1) is 10.8 Å². The molecule has 2 amide bonds. The minimum absolute atomic E-state index is 0.206. The molecule has 4 nitrogen and oxygen atoms in total. The number of primary amides is 1. The quantitative estimate of drug-likeness (QED) is 0.784. The predicted octanol–water partition coefficient (Wildman–Crippen LogP) is 3.63. The number of amides is 2. The van der Waals surface area contributed by atoms with Crippen LogP contribution < -0.4 is 11.1 Å². The number of nitrogens with one attached hydrogen (secondary N) is 1. The molecule has 3 N–H and O–H groups in total. The van der Waals surface area contributed by atoms with Crippen molar-refractivity contribution in [3.8, 4) is 0 Å². The van der Waals surface area contributed by atoms with Crippen molar-refractivity contribution in [2.24, 2.45) is 5.73 Å². The van der Waals surface area contributed by atoms with Crippen LogP contribution in [-0.4, -0.2) is 23.3 Å². The molecule has 0 radical (unpaired) electrons. The van der Waals surface area contributed by atoms with Crippen LogP contribution in [0.15, 0.2) is 58.3 Å². The molecule has 0 saturated heterocycles. The monoisotopic (exact) mass is 346 g/mol. The summed E-state index contributed by atoms with van der Waals surface area (Å²) in [6.07, 6.45) is 1.98. The van der Waals surface area contributed by atoms with Gasteiger partial charge in [-0.25, -0.2) is 0 Å². The minimum atomic E-state index is -0.405. The Balaban J connectivity index is 2.20. The van der Waals surface area contributed by atoms with Crippen molar-refractivity contribution in [1.29, 1.82) is 0 Å². The van der Waals surface area contributed by atoms with E-state index in [9.17, 15) is 9.59 Å². The lowest BCUT2D eigenvalue weighted by molar-refractivity contribution is -0.117. The second-order valence-corrected chi connectivity index (χ2v) is 7.11. The third kappa shape index (κ3) is 4.77. The van der Waals surface area contributed by atoms with Crippen LogP contribution in [-0.2, 0) is 4.79 Å². The van der Waals surface area contributed by atoms with Crippen LogP contribution in [0.2, 0.25) is 0 Å². The lowest BCUT2D eigenvalue weighted by Crippen LogP contribution is -2.23. The number of benzene rings is 2. The number of thioether (sulfide) groups is 2. The molecular formula is C17H18N2O2S2. The Morgan fingerprint density at radius 3 is 2.57 bits per heavy atom. The number of carbonyl (C=O) groups excluding carboxylic acids is 2. The number of carbonyl (C=O) groups is 2. The van der Waals surface area contributed by atoms with E-state index in [1.807, 2.05) is 42.7 Å². The molecular weight excluding hydrogens is 328 g/mol. The molecule has 0 aromatic heterocycles. The fourth-order valence-electron chi connectivity index (χ4n) is 1.90. The normalized spacial score (nSPS) is 11.7. The van der Waals surface area contributed by atoms with Crippen molar-refractivity contribution >= 4 is 41.0 Å². The number of rotatable bonds is 6. The molecule has 0 spiro atoms. The summed E-state index contributed by atoms with van der Waals surface area (Å²) in [5.41, 5.74) is 6.57. The third-order valence-electron chi connectivity index (χ3n) is 3.16. The maximum Gasteiger partial charge on any atom is 0.256 e. The second-order valence-electron chi connectivity index (χ2n) is 4.84. The molecule has 2 rings (SSSR count). The standard InChI is InChI=1S/C17H18N2O2S2/c1-11(16(18)20)23-15-9-4-3-8-14(15)17(21)19-12-6-5-7-13(10-12)22-2/h3-11H,1-2H3,(H2,18,20)(H,19,21). The highest BCUT2D eigenvalue weighted by atomic mass is 32.2. The highest BCUT2D eigenvalue weighted by molar-refractivity contribution is 8.00. The lowest BCUT2D eigenvalue weighted by atomic mass is 10.2. The van der Waals surface area contributed by atoms with E-state index in [0.29, 0.717) is 5.56 Å². The van der Waals surface area contributed by atoms with Crippen molar-refractivity contribution in [3.63, 3.8) is 0 Å². The first-order valence-corrected chi connectivity index (χ1v) is 9.12. The van der Waals surface area contributed by atoms with Crippen LogP contribution in [0.1, 0.15) is 17.3 Å². The van der Waals surface area contributed by atoms with E-state index in [2.05, 4.69) is 5.32 Å². The summed E-state index contributed by atoms with van der Waals surface area (Å²) in [5.74, 6) is -0.610. The zero-order chi connectivity index (χ0) is 16.8. The largest absolute Gasteiger partial charge is 0.369 e. The summed E-state index contributed by atoms with van der Waals surface area (Å²) >= 11 is 2.90. The number of anilines is 1. The summed E-state index contributed by atoms with van der Waals surface area (Å²) in [5, 5.41) is 2.49. The van der Waals surface area contributed by atoms with Crippen LogP contribution in [0.25, 0.3) is 0 Å². The first-order chi connectivity index (χ1) is 11.0. The minimum Gasteiger partial charge on any atom is -0.369 e. The van der Waals surface area contributed by atoms with Crippen LogP contribution in [0.4, 0.5) is 5.69 Å². The van der Waals surface area contributed by atoms with Gasteiger partial charge in [0.1, 0.15) is 0 Å². The van der Waals surface area contributed by atoms with Crippen LogP contribution in [0, 0.1) is 0 Å². The van der Waals surface area contributed by atoms with Crippen LogP contribution >= 0.6 is 23.5 Å². The van der Waals surface area contributed by atoms with Crippen LogP contribution in [0.3, 0.4) is 0 Å². The zero-order valence-corrected chi connectivity index (χ0v) is 14.5. The smallest absolute Gasteiger partial charge is 0.256 e. The summed E-state index contributed by atoms with van der Waals surface area (Å²) in [4.78, 5) is 25.6. The van der Waals surface area contributed by atoms with Gasteiger partial charge >= 0.3 is 0 Å². The molecule has 1 unspecified atom stereocenters. The molecule has 6 heteroatoms. The van der Waals surface area contributed by atoms with Gasteiger partial charge in [-0.15, -0.1) is 23.5 Å². The van der Waals surface area contributed by atoms with Gasteiger partial charge < -0.3 is 11.1 Å². The van der Waals surface area contributed by atoms with Gasteiger partial charge in [-0.3, -0.25) is 9.59 Å². The predicted molar refractivity (Wildman–Crippen MR) is 97.1 cm³/mol. The second kappa shape index (κ2) is 8.08. The topological polar surface area (TPSA) is 72.2 Å². The van der Waals surface area contributed by atoms with Gasteiger partial charge in [0.15, 0.2) is 0 Å². The highest BCUT2D eigenvalue weighted by Gasteiger charge is 2.16. The van der Waals surface area contributed by atoms with Gasteiger partial charge in [-0.1, -0.05) is 18.2 Å². The van der Waals surface area contributed by atoms with E-state index in [1.165, 1.54) is 11.8 Å². The average molecular weight is 346 g/mol. The molecule has 1 atom stereocenters. The summed E-state index contributed by atoms with van der Waals surface area (Å²) < 4.78 is 0. The van der Waals surface area contributed by atoms with Gasteiger partial charge in [0.2, 0.25) is 5.91 Å². The van der Waals surface area contributed by atoms with Gasteiger partial charge in [0, 0.05) is 15.5 Å². The summed E-state index contributed by atoms with van der Waals surface area (Å²) in [6, 6.07) is 14.8. The molecule has 2 aromatic carbocycles. The lowest BCUT2D eigenvalue weighted by Gasteiger charge is -2.12. The molecule has 0 aliphatic heterocycles. The van der Waals surface area contributed by atoms with E-state index in [1.54, 1.807) is 30.8 Å². The SMILES string of the molecule is CSc1cccc(NC(=O)c2ccccc2SC(C)C(N)=O)c1. The van der Waals surface area contributed by atoms with E-state index < -0.39 is 11.2 Å². The van der Waals surface area contributed by atoms with E-state index in [-0.39, 0.29) is 5.91 Å². The Morgan fingerprint density at radius 1 is 1.13 bits per heavy atom. The number of hydrogen-bond acceptors (Lipinski definition) is 4. The van der Waals surface area contributed by atoms with Crippen molar-refractivity contribution in [1.82, 2.24) is 0 Å². The molecule has 120 valence electrons. The van der Waals surface area contributed by atoms with Crippen molar-refractivity contribution < 1.29 is 9.59 Å². The number of hydrogen-bond donors (Lipinski definition) is 2. The van der Waals surface area contributed by atoms with Gasteiger partial charge in [-0.05, 0) is 43.5 Å². The zero-order valence-electron chi connectivity index (χ0n) is 12.9. The third-order valence-corrected chi connectivity index (χ3v) is 5.08. The van der Waals surface area contributed by atoms with E-state index in [0.717, 1.165) is 15.5 Å². The molecule has 0 bridgehead atoms. The molecule has 0 saturated carbocycles. The van der Waals surface area contributed by atoms with Crippen LogP contribution in [0.5, 0.6) is 0 Å². The Bertz CT molecular complexity index is 719. The first-order valence-electron chi connectivity index (χ1n) is 7.01. The summed E-state index contributed by atoms with van der Waals surface area (Å²) in [7, 11) is 0. The molecule has 2 aromatic rings. The first kappa shape index (κ1) is 17.4. The number of nitrogens with two attached hydrogens (primary N) is 1. The Labute approximate surface area is 144 Å². The fraction of sp³-hybridized carbons (Fsp3) is 0.176. The average Bonchev–Trinajstić information content (AvgIpc) is 2.55. The molecule has 0 aliphatic carbocycles. The van der Waals surface area contributed by atoms with Crippen molar-refractivity contribution in [2.45, 2.75) is 22.0 Å². The van der Waals surface area contributed by atoms with E-state index in [4.69, 9.17) is 5.73 Å². The molecule has 23 heavy (non-hydrogen) atoms. The van der Waals surface area contributed by atoms with Gasteiger partial charge in [-0.2, -0.15) is 0 Å². The fourth-order valence-corrected chi connectivity index (χ4v) is 3.31. The Morgan fingerprint density at radius 2 is 1.87 bits per heavy atom. The molecule has 0 aliphatic rings. The van der Waals surface area contributed by atoms with Crippen molar-refractivity contribution in [3.05, 3.63) is 54.1 Å². The van der Waals surface area contributed by atoms with E-state index >= 15 is 0 Å². The maximum absolute atomic E-state index is 12.5. The molecule has 0 fully saturated rings. The van der Waals surface area contributed by atoms with Gasteiger partial charge in [0.25, 0.3) is 5.91 Å². The Hall–Kier alpha value is -1.92.